The van der Waals surface area contributed by atoms with Crippen molar-refractivity contribution in [2.75, 3.05) is 13.7 Å². The third-order valence-corrected chi connectivity index (χ3v) is 6.10. The molecule has 5 nitrogen and oxygen atoms in total. The second-order valence-corrected chi connectivity index (χ2v) is 7.94. The van der Waals surface area contributed by atoms with Crippen molar-refractivity contribution in [1.29, 1.82) is 0 Å². The van der Waals surface area contributed by atoms with Crippen LogP contribution in [0.15, 0.2) is 24.3 Å². The van der Waals surface area contributed by atoms with Crippen LogP contribution in [0.25, 0.3) is 0 Å². The first-order valence-corrected chi connectivity index (χ1v) is 9.41. The number of hydrogen-bond donors (Lipinski definition) is 2. The molecule has 1 fully saturated rings. The summed E-state index contributed by atoms with van der Waals surface area (Å²) >= 11 is 0. The van der Waals surface area contributed by atoms with Crippen LogP contribution in [0.1, 0.15) is 38.2 Å². The van der Waals surface area contributed by atoms with E-state index in [9.17, 15) is 8.42 Å². The van der Waals surface area contributed by atoms with Gasteiger partial charge < -0.3 is 10.5 Å². The Bertz CT molecular complexity index is 609. The second kappa shape index (κ2) is 8.33. The molecule has 1 aliphatic carbocycles. The van der Waals surface area contributed by atoms with Crippen molar-refractivity contribution >= 4 is 22.4 Å². The Hall–Kier alpha value is -0.820. The van der Waals surface area contributed by atoms with Crippen LogP contribution >= 0.6 is 12.4 Å². The predicted octanol–water partition coefficient (Wildman–Crippen LogP) is 2.44. The van der Waals surface area contributed by atoms with Crippen LogP contribution in [0.4, 0.5) is 0 Å². The van der Waals surface area contributed by atoms with Crippen molar-refractivity contribution in [3.8, 4) is 5.75 Å². The summed E-state index contributed by atoms with van der Waals surface area (Å²) in [5.74, 6) is 0.859. The number of benzene rings is 1. The summed E-state index contributed by atoms with van der Waals surface area (Å²) in [7, 11) is -1.88. The Balaban J connectivity index is 0.00000264. The van der Waals surface area contributed by atoms with E-state index >= 15 is 0 Å². The minimum absolute atomic E-state index is 0. The molecule has 23 heavy (non-hydrogen) atoms. The minimum Gasteiger partial charge on any atom is -0.497 e. The molecule has 1 aromatic carbocycles. The summed E-state index contributed by atoms with van der Waals surface area (Å²) in [6.07, 6.45) is 3.98. The van der Waals surface area contributed by atoms with Crippen LogP contribution in [0.3, 0.4) is 0 Å². The largest absolute Gasteiger partial charge is 0.497 e. The fraction of sp³-hybridized carbons (Fsp3) is 0.625. The zero-order valence-corrected chi connectivity index (χ0v) is 15.4. The van der Waals surface area contributed by atoms with Gasteiger partial charge >= 0.3 is 0 Å². The highest BCUT2D eigenvalue weighted by Crippen LogP contribution is 2.33. The molecule has 1 aromatic rings. The lowest BCUT2D eigenvalue weighted by Crippen LogP contribution is -2.59. The highest BCUT2D eigenvalue weighted by Gasteiger charge is 2.40. The molecule has 132 valence electrons. The van der Waals surface area contributed by atoms with Crippen molar-refractivity contribution in [3.05, 3.63) is 29.8 Å². The van der Waals surface area contributed by atoms with Gasteiger partial charge in [-0.15, -0.1) is 12.4 Å². The van der Waals surface area contributed by atoms with Gasteiger partial charge in [0.1, 0.15) is 5.75 Å². The quantitative estimate of drug-likeness (QED) is 0.814. The Kier molecular flexibility index (Phi) is 7.32. The molecule has 1 saturated carbocycles. The van der Waals surface area contributed by atoms with Gasteiger partial charge in [-0.25, -0.2) is 13.1 Å². The Morgan fingerprint density at radius 3 is 2.74 bits per heavy atom. The van der Waals surface area contributed by atoms with Gasteiger partial charge in [0.2, 0.25) is 10.0 Å². The molecular weight excluding hydrogens is 336 g/mol. The Morgan fingerprint density at radius 1 is 1.39 bits per heavy atom. The summed E-state index contributed by atoms with van der Waals surface area (Å²) < 4.78 is 33.2. The van der Waals surface area contributed by atoms with Gasteiger partial charge in [-0.05, 0) is 36.5 Å². The van der Waals surface area contributed by atoms with Gasteiger partial charge in [0.15, 0.2) is 0 Å². The van der Waals surface area contributed by atoms with Gasteiger partial charge in [0.05, 0.1) is 12.9 Å². The molecule has 0 radical (unpaired) electrons. The average molecular weight is 363 g/mol. The van der Waals surface area contributed by atoms with Crippen LogP contribution in [0.5, 0.6) is 5.75 Å². The monoisotopic (exact) mass is 362 g/mol. The Morgan fingerprint density at radius 2 is 2.13 bits per heavy atom. The van der Waals surface area contributed by atoms with Gasteiger partial charge in [-0.2, -0.15) is 0 Å². The summed E-state index contributed by atoms with van der Waals surface area (Å²) in [5.41, 5.74) is 6.13. The van der Waals surface area contributed by atoms with Crippen LogP contribution in [-0.4, -0.2) is 27.6 Å². The van der Waals surface area contributed by atoms with E-state index in [0.29, 0.717) is 17.9 Å². The molecule has 0 aliphatic heterocycles. The lowest BCUT2D eigenvalue weighted by molar-refractivity contribution is 0.191. The number of hydrogen-bond acceptors (Lipinski definition) is 4. The third-order valence-electron chi connectivity index (χ3n) is 4.67. The number of sulfonamides is 1. The first-order chi connectivity index (χ1) is 10.4. The van der Waals surface area contributed by atoms with E-state index in [2.05, 4.69) is 11.6 Å². The van der Waals surface area contributed by atoms with E-state index in [1.165, 1.54) is 0 Å². The molecule has 7 heteroatoms. The highest BCUT2D eigenvalue weighted by molar-refractivity contribution is 7.88. The smallest absolute Gasteiger partial charge is 0.216 e. The molecule has 0 amide bonds. The van der Waals surface area contributed by atoms with Crippen LogP contribution in [-0.2, 0) is 15.8 Å². The first kappa shape index (κ1) is 20.2. The van der Waals surface area contributed by atoms with Crippen LogP contribution in [0.2, 0.25) is 0 Å². The lowest BCUT2D eigenvalue weighted by Gasteiger charge is -2.42. The third kappa shape index (κ3) is 5.08. The lowest BCUT2D eigenvalue weighted by atomic mass is 9.74. The number of nitrogens with one attached hydrogen (secondary N) is 1. The SMILES string of the molecule is COc1cccc(CS(=O)(=O)NC2(CN)CCCCC2C)c1.Cl. The average Bonchev–Trinajstić information content (AvgIpc) is 2.49. The molecule has 1 aliphatic rings. The highest BCUT2D eigenvalue weighted by atomic mass is 35.5. The summed E-state index contributed by atoms with van der Waals surface area (Å²) in [6, 6.07) is 7.14. The molecule has 2 unspecified atom stereocenters. The van der Waals surface area contributed by atoms with Crippen molar-refractivity contribution < 1.29 is 13.2 Å². The first-order valence-electron chi connectivity index (χ1n) is 7.75. The van der Waals surface area contributed by atoms with E-state index in [-0.39, 0.29) is 24.1 Å². The number of rotatable bonds is 6. The fourth-order valence-corrected chi connectivity index (χ4v) is 4.93. The molecule has 2 atom stereocenters. The standard InChI is InChI=1S/C16H26N2O3S.ClH/c1-13-6-3-4-9-16(13,12-17)18-22(19,20)11-14-7-5-8-15(10-14)21-2;/h5,7-8,10,13,18H,3-4,6,9,11-12,17H2,1-2H3;1H. The predicted molar refractivity (Wildman–Crippen MR) is 95.4 cm³/mol. The number of nitrogens with two attached hydrogens (primary N) is 1. The van der Waals surface area contributed by atoms with Gasteiger partial charge in [0.25, 0.3) is 0 Å². The zero-order valence-electron chi connectivity index (χ0n) is 13.7. The summed E-state index contributed by atoms with van der Waals surface area (Å²) in [5, 5.41) is 0. The molecule has 0 bridgehead atoms. The van der Waals surface area contributed by atoms with Gasteiger partial charge in [-0.1, -0.05) is 31.9 Å². The number of ether oxygens (including phenoxy) is 1. The summed E-state index contributed by atoms with van der Waals surface area (Å²) in [4.78, 5) is 0. The molecular formula is C16H27ClN2O3S. The van der Waals surface area contributed by atoms with E-state index in [1.54, 1.807) is 31.4 Å². The molecule has 3 N–H and O–H groups in total. The fourth-order valence-electron chi connectivity index (χ4n) is 3.24. The van der Waals surface area contributed by atoms with Crippen LogP contribution < -0.4 is 15.2 Å². The minimum atomic E-state index is -3.45. The van der Waals surface area contributed by atoms with Gasteiger partial charge in [-0.3, -0.25) is 0 Å². The molecule has 0 heterocycles. The maximum Gasteiger partial charge on any atom is 0.216 e. The molecule has 2 rings (SSSR count). The Labute approximate surface area is 145 Å². The zero-order chi connectivity index (χ0) is 16.2. The maximum atomic E-state index is 12.6. The van der Waals surface area contributed by atoms with Crippen molar-refractivity contribution in [3.63, 3.8) is 0 Å². The molecule has 0 spiro atoms. The van der Waals surface area contributed by atoms with Crippen molar-refractivity contribution in [2.24, 2.45) is 11.7 Å². The van der Waals surface area contributed by atoms with Crippen molar-refractivity contribution in [1.82, 2.24) is 4.72 Å². The molecule has 0 aromatic heterocycles. The van der Waals surface area contributed by atoms with E-state index in [1.807, 2.05) is 0 Å². The maximum absolute atomic E-state index is 12.6. The summed E-state index contributed by atoms with van der Waals surface area (Å²) in [6.45, 7) is 2.42. The van der Waals surface area contributed by atoms with E-state index < -0.39 is 15.6 Å². The number of methoxy groups -OCH3 is 1. The van der Waals surface area contributed by atoms with Crippen molar-refractivity contribution in [2.45, 2.75) is 43.9 Å². The second-order valence-electron chi connectivity index (χ2n) is 6.22. The van der Waals surface area contributed by atoms with Crippen LogP contribution in [0, 0.1) is 5.92 Å². The topological polar surface area (TPSA) is 81.4 Å². The van der Waals surface area contributed by atoms with E-state index in [0.717, 1.165) is 25.7 Å². The van der Waals surface area contributed by atoms with E-state index in [4.69, 9.17) is 10.5 Å². The number of halogens is 1. The molecule has 0 saturated heterocycles. The normalized spacial score (nSPS) is 24.7. The van der Waals surface area contributed by atoms with Gasteiger partial charge in [0, 0.05) is 12.1 Å².